The van der Waals surface area contributed by atoms with Gasteiger partial charge in [-0.2, -0.15) is 0 Å². The normalized spacial score (nSPS) is 23.5. The number of ether oxygens (including phenoxy) is 1. The van der Waals surface area contributed by atoms with Crippen molar-refractivity contribution in [1.82, 2.24) is 9.88 Å². The summed E-state index contributed by atoms with van der Waals surface area (Å²) in [7, 11) is 0. The summed E-state index contributed by atoms with van der Waals surface area (Å²) in [5.41, 5.74) is 1.98. The molecular weight excluding hydrogens is 306 g/mol. The van der Waals surface area contributed by atoms with Crippen molar-refractivity contribution in [2.75, 3.05) is 18.4 Å². The second-order valence-electron chi connectivity index (χ2n) is 7.51. The summed E-state index contributed by atoms with van der Waals surface area (Å²) >= 11 is 0. The van der Waals surface area contributed by atoms with Gasteiger partial charge in [0.05, 0.1) is 18.2 Å². The van der Waals surface area contributed by atoms with E-state index in [9.17, 15) is 4.79 Å². The van der Waals surface area contributed by atoms with E-state index in [1.807, 2.05) is 39.0 Å². The molecule has 1 atom stereocenters. The van der Waals surface area contributed by atoms with E-state index >= 15 is 0 Å². The van der Waals surface area contributed by atoms with Crippen LogP contribution in [0.4, 0.5) is 10.5 Å². The van der Waals surface area contributed by atoms with E-state index in [1.54, 1.807) is 4.90 Å². The van der Waals surface area contributed by atoms with Gasteiger partial charge in [0.25, 0.3) is 0 Å². The molecule has 2 amide bonds. The molecule has 2 fully saturated rings. The largest absolute Gasteiger partial charge is 0.440 e. The number of carbonyl (C=O) groups excluding carboxylic acids is 1. The molecule has 0 bridgehead atoms. The zero-order valence-corrected chi connectivity index (χ0v) is 14.3. The topological polar surface area (TPSA) is 67.6 Å². The van der Waals surface area contributed by atoms with E-state index in [0.717, 1.165) is 35.5 Å². The second-order valence-corrected chi connectivity index (χ2v) is 7.51. The molecule has 0 spiro atoms. The number of morpholine rings is 1. The van der Waals surface area contributed by atoms with E-state index in [0.29, 0.717) is 19.0 Å². The molecule has 1 aromatic heterocycles. The Hall–Kier alpha value is -2.08. The number of carbonyl (C=O) groups is 1. The minimum absolute atomic E-state index is 0.0265. The Morgan fingerprint density at radius 3 is 2.88 bits per heavy atom. The second kappa shape index (κ2) is 5.48. The van der Waals surface area contributed by atoms with Gasteiger partial charge in [-0.15, -0.1) is 0 Å². The molecule has 1 saturated heterocycles. The Kier molecular flexibility index (Phi) is 3.53. The SMILES string of the molecule is CC1CN(C(=O)Nc2ccc3oc(C4CC4)nc3c2)CC(C)(C)O1. The smallest absolute Gasteiger partial charge is 0.322 e. The Balaban J connectivity index is 1.49. The Morgan fingerprint density at radius 1 is 1.38 bits per heavy atom. The fourth-order valence-corrected chi connectivity index (χ4v) is 3.34. The molecular formula is C18H23N3O3. The molecule has 2 heterocycles. The zero-order valence-electron chi connectivity index (χ0n) is 14.3. The molecule has 6 heteroatoms. The van der Waals surface area contributed by atoms with Gasteiger partial charge < -0.3 is 19.4 Å². The van der Waals surface area contributed by atoms with Crippen LogP contribution < -0.4 is 5.32 Å². The number of amides is 2. The van der Waals surface area contributed by atoms with E-state index in [1.165, 1.54) is 0 Å². The number of hydrogen-bond acceptors (Lipinski definition) is 4. The molecule has 1 aromatic carbocycles. The number of nitrogens with one attached hydrogen (secondary N) is 1. The summed E-state index contributed by atoms with van der Waals surface area (Å²) in [5, 5.41) is 2.97. The number of nitrogens with zero attached hydrogens (tertiary/aromatic N) is 2. The first kappa shape index (κ1) is 15.4. The molecule has 2 aromatic rings. The highest BCUT2D eigenvalue weighted by molar-refractivity contribution is 5.91. The monoisotopic (exact) mass is 329 g/mol. The van der Waals surface area contributed by atoms with Crippen LogP contribution in [-0.2, 0) is 4.74 Å². The van der Waals surface area contributed by atoms with Crippen LogP contribution in [-0.4, -0.2) is 40.7 Å². The maximum absolute atomic E-state index is 12.6. The van der Waals surface area contributed by atoms with Crippen molar-refractivity contribution in [3.63, 3.8) is 0 Å². The minimum Gasteiger partial charge on any atom is -0.440 e. The van der Waals surface area contributed by atoms with Gasteiger partial charge in [0.15, 0.2) is 11.5 Å². The maximum Gasteiger partial charge on any atom is 0.322 e. The van der Waals surface area contributed by atoms with Crippen molar-refractivity contribution in [2.45, 2.75) is 51.2 Å². The molecule has 4 rings (SSSR count). The number of aromatic nitrogens is 1. The first-order valence-electron chi connectivity index (χ1n) is 8.54. The van der Waals surface area contributed by atoms with Crippen LogP contribution >= 0.6 is 0 Å². The van der Waals surface area contributed by atoms with E-state index in [4.69, 9.17) is 9.15 Å². The third-order valence-corrected chi connectivity index (χ3v) is 4.44. The van der Waals surface area contributed by atoms with E-state index < -0.39 is 0 Å². The molecule has 6 nitrogen and oxygen atoms in total. The van der Waals surface area contributed by atoms with Crippen LogP contribution in [0.3, 0.4) is 0 Å². The van der Waals surface area contributed by atoms with Crippen LogP contribution in [0.5, 0.6) is 0 Å². The summed E-state index contributed by atoms with van der Waals surface area (Å²) in [6.45, 7) is 7.16. The molecule has 1 unspecified atom stereocenters. The highest BCUT2D eigenvalue weighted by Crippen LogP contribution is 2.40. The van der Waals surface area contributed by atoms with Gasteiger partial charge in [0, 0.05) is 18.2 Å². The Labute approximate surface area is 141 Å². The standard InChI is InChI=1S/C18H23N3O3/c1-11-9-21(10-18(2,3)24-11)17(22)19-13-6-7-15-14(8-13)20-16(23-15)12-4-5-12/h6-8,11-12H,4-5,9-10H2,1-3H3,(H,19,22). The number of benzene rings is 1. The third-order valence-electron chi connectivity index (χ3n) is 4.44. The lowest BCUT2D eigenvalue weighted by Gasteiger charge is -2.41. The van der Waals surface area contributed by atoms with E-state index in [-0.39, 0.29) is 17.7 Å². The van der Waals surface area contributed by atoms with Crippen molar-refractivity contribution < 1.29 is 13.9 Å². The lowest BCUT2D eigenvalue weighted by molar-refractivity contribution is -0.116. The first-order valence-corrected chi connectivity index (χ1v) is 8.54. The van der Waals surface area contributed by atoms with Gasteiger partial charge in [-0.1, -0.05) is 0 Å². The quantitative estimate of drug-likeness (QED) is 0.911. The number of fused-ring (bicyclic) bond motifs is 1. The summed E-state index contributed by atoms with van der Waals surface area (Å²) in [6, 6.07) is 5.49. The molecule has 128 valence electrons. The van der Waals surface area contributed by atoms with Gasteiger partial charge in [-0.3, -0.25) is 0 Å². The minimum atomic E-state index is -0.329. The van der Waals surface area contributed by atoms with Gasteiger partial charge >= 0.3 is 6.03 Å². The van der Waals surface area contributed by atoms with Crippen molar-refractivity contribution in [1.29, 1.82) is 0 Å². The van der Waals surface area contributed by atoms with Gasteiger partial charge in [0.2, 0.25) is 0 Å². The summed E-state index contributed by atoms with van der Waals surface area (Å²) in [4.78, 5) is 18.9. The van der Waals surface area contributed by atoms with Crippen molar-refractivity contribution >= 4 is 22.8 Å². The number of hydrogen-bond donors (Lipinski definition) is 1. The molecule has 1 aliphatic carbocycles. The molecule has 0 radical (unpaired) electrons. The Bertz CT molecular complexity index is 779. The maximum atomic E-state index is 12.6. The molecule has 2 aliphatic rings. The van der Waals surface area contributed by atoms with Crippen molar-refractivity contribution in [2.24, 2.45) is 0 Å². The first-order chi connectivity index (χ1) is 11.4. The average molecular weight is 329 g/mol. The highest BCUT2D eigenvalue weighted by Gasteiger charge is 2.34. The van der Waals surface area contributed by atoms with E-state index in [2.05, 4.69) is 10.3 Å². The van der Waals surface area contributed by atoms with Crippen LogP contribution in [0, 0.1) is 0 Å². The lowest BCUT2D eigenvalue weighted by Crippen LogP contribution is -2.54. The number of anilines is 1. The molecule has 24 heavy (non-hydrogen) atoms. The lowest BCUT2D eigenvalue weighted by atomic mass is 10.1. The van der Waals surface area contributed by atoms with Crippen LogP contribution in [0.2, 0.25) is 0 Å². The van der Waals surface area contributed by atoms with Crippen molar-refractivity contribution in [3.8, 4) is 0 Å². The fourth-order valence-electron chi connectivity index (χ4n) is 3.34. The molecule has 1 saturated carbocycles. The van der Waals surface area contributed by atoms with Crippen LogP contribution in [0.15, 0.2) is 22.6 Å². The van der Waals surface area contributed by atoms with Crippen LogP contribution in [0.25, 0.3) is 11.1 Å². The van der Waals surface area contributed by atoms with Gasteiger partial charge in [-0.25, -0.2) is 9.78 Å². The predicted molar refractivity (Wildman–Crippen MR) is 91.2 cm³/mol. The third kappa shape index (κ3) is 3.11. The molecule has 1 aliphatic heterocycles. The predicted octanol–water partition coefficient (Wildman–Crippen LogP) is 3.74. The van der Waals surface area contributed by atoms with Gasteiger partial charge in [-0.05, 0) is 51.8 Å². The number of rotatable bonds is 2. The number of oxazole rings is 1. The summed E-state index contributed by atoms with van der Waals surface area (Å²) < 4.78 is 11.6. The number of urea groups is 1. The van der Waals surface area contributed by atoms with Crippen LogP contribution in [0.1, 0.15) is 45.4 Å². The zero-order chi connectivity index (χ0) is 16.9. The summed E-state index contributed by atoms with van der Waals surface area (Å²) in [6.07, 6.45) is 2.33. The van der Waals surface area contributed by atoms with Crippen molar-refractivity contribution in [3.05, 3.63) is 24.1 Å². The highest BCUT2D eigenvalue weighted by atomic mass is 16.5. The average Bonchev–Trinajstić information content (AvgIpc) is 3.25. The summed E-state index contributed by atoms with van der Waals surface area (Å²) in [5.74, 6) is 1.30. The molecule has 1 N–H and O–H groups in total. The van der Waals surface area contributed by atoms with Gasteiger partial charge in [0.1, 0.15) is 5.52 Å². The fraction of sp³-hybridized carbons (Fsp3) is 0.556. The Morgan fingerprint density at radius 2 is 2.17 bits per heavy atom.